The number of nitrogens with one attached hydrogen (secondary N) is 2. The quantitative estimate of drug-likeness (QED) is 0.132. The zero-order chi connectivity index (χ0) is 35.6. The summed E-state index contributed by atoms with van der Waals surface area (Å²) in [6.45, 7) is 2.81. The van der Waals surface area contributed by atoms with Gasteiger partial charge in [-0.15, -0.1) is 11.3 Å². The number of benzene rings is 3. The number of thiazole rings is 1. The molecule has 2 heterocycles. The summed E-state index contributed by atoms with van der Waals surface area (Å²) < 4.78 is 15.6. The van der Waals surface area contributed by atoms with E-state index in [2.05, 4.69) is 20.6 Å². The summed E-state index contributed by atoms with van der Waals surface area (Å²) in [5.41, 5.74) is 3.33. The van der Waals surface area contributed by atoms with Gasteiger partial charge in [0.1, 0.15) is 17.0 Å². The lowest BCUT2D eigenvalue weighted by molar-refractivity contribution is 0.0593. The molecule has 5 aromatic rings. The van der Waals surface area contributed by atoms with Crippen molar-refractivity contribution in [1.29, 1.82) is 0 Å². The fourth-order valence-electron chi connectivity index (χ4n) is 5.27. The molecule has 50 heavy (non-hydrogen) atoms. The average molecular weight is 698 g/mol. The molecule has 0 aliphatic heterocycles. The first-order valence-electron chi connectivity index (χ1n) is 15.9. The topological polar surface area (TPSA) is 156 Å². The number of esters is 1. The van der Waals surface area contributed by atoms with E-state index >= 15 is 0 Å². The van der Waals surface area contributed by atoms with Crippen molar-refractivity contribution < 1.29 is 33.4 Å². The molecular weight excluding hydrogens is 659 g/mol. The van der Waals surface area contributed by atoms with Crippen LogP contribution in [0.25, 0.3) is 11.5 Å². The molecule has 0 spiro atoms. The van der Waals surface area contributed by atoms with Gasteiger partial charge in [0, 0.05) is 47.9 Å². The van der Waals surface area contributed by atoms with E-state index < -0.39 is 24.0 Å². The molecule has 0 aliphatic carbocycles. The van der Waals surface area contributed by atoms with Crippen molar-refractivity contribution in [2.24, 2.45) is 0 Å². The van der Waals surface area contributed by atoms with Crippen LogP contribution in [0.1, 0.15) is 53.0 Å². The van der Waals surface area contributed by atoms with Gasteiger partial charge in [-0.2, -0.15) is 0 Å². The first-order valence-corrected chi connectivity index (χ1v) is 16.7. The second kappa shape index (κ2) is 16.8. The number of aliphatic hydroxyl groups excluding tert-OH is 1. The molecule has 2 aromatic heterocycles. The zero-order valence-corrected chi connectivity index (χ0v) is 29.0. The Morgan fingerprint density at radius 2 is 1.74 bits per heavy atom. The summed E-state index contributed by atoms with van der Waals surface area (Å²) >= 11 is 1.45. The Morgan fingerprint density at radius 1 is 0.980 bits per heavy atom. The van der Waals surface area contributed by atoms with Gasteiger partial charge in [-0.1, -0.05) is 42.5 Å². The van der Waals surface area contributed by atoms with Gasteiger partial charge < -0.3 is 34.5 Å². The van der Waals surface area contributed by atoms with Crippen LogP contribution in [0.5, 0.6) is 5.75 Å². The molecule has 0 bridgehead atoms. The smallest absolute Gasteiger partial charge is 0.360 e. The Morgan fingerprint density at radius 3 is 2.46 bits per heavy atom. The number of nitrogens with zero attached hydrogens (tertiary/aromatic N) is 3. The fraction of sp³-hybridized carbons (Fsp3) is 0.270. The van der Waals surface area contributed by atoms with Crippen LogP contribution in [0.2, 0.25) is 0 Å². The number of carbonyl (C=O) groups is 3. The van der Waals surface area contributed by atoms with Crippen LogP contribution >= 0.6 is 11.3 Å². The van der Waals surface area contributed by atoms with Crippen molar-refractivity contribution in [2.75, 3.05) is 27.8 Å². The molecule has 0 unspecified atom stereocenters. The van der Waals surface area contributed by atoms with Gasteiger partial charge in [-0.05, 0) is 54.8 Å². The van der Waals surface area contributed by atoms with Gasteiger partial charge >= 0.3 is 5.97 Å². The molecule has 0 saturated carbocycles. The molecule has 2 amide bonds. The summed E-state index contributed by atoms with van der Waals surface area (Å²) in [5.74, 6) is -0.825. The average Bonchev–Trinajstić information content (AvgIpc) is 3.80. The number of oxazole rings is 1. The van der Waals surface area contributed by atoms with Crippen molar-refractivity contribution in [3.63, 3.8) is 0 Å². The Labute approximate surface area is 294 Å². The Hall–Kier alpha value is -5.37. The van der Waals surface area contributed by atoms with Gasteiger partial charge in [0.15, 0.2) is 5.69 Å². The number of aliphatic hydroxyl groups is 1. The van der Waals surface area contributed by atoms with E-state index in [1.165, 1.54) is 35.5 Å². The molecule has 0 aliphatic rings. The van der Waals surface area contributed by atoms with Gasteiger partial charge in [-0.25, -0.2) is 14.8 Å². The maximum atomic E-state index is 14.0. The summed E-state index contributed by atoms with van der Waals surface area (Å²) in [7, 11) is 4.48. The van der Waals surface area contributed by atoms with E-state index in [-0.39, 0.29) is 41.7 Å². The predicted molar refractivity (Wildman–Crippen MR) is 188 cm³/mol. The van der Waals surface area contributed by atoms with E-state index in [0.29, 0.717) is 18.5 Å². The summed E-state index contributed by atoms with van der Waals surface area (Å²) in [6.07, 6.45) is 0.520. The van der Waals surface area contributed by atoms with Crippen LogP contribution in [-0.2, 0) is 24.2 Å². The molecule has 12 nitrogen and oxygen atoms in total. The van der Waals surface area contributed by atoms with Crippen LogP contribution in [0.4, 0.5) is 0 Å². The van der Waals surface area contributed by atoms with Crippen LogP contribution in [-0.4, -0.2) is 77.7 Å². The molecule has 3 N–H and O–H groups in total. The summed E-state index contributed by atoms with van der Waals surface area (Å²) in [5, 5.41) is 20.3. The zero-order valence-electron chi connectivity index (χ0n) is 28.2. The summed E-state index contributed by atoms with van der Waals surface area (Å²) in [4.78, 5) is 50.0. The Kier molecular flexibility index (Phi) is 12.1. The highest BCUT2D eigenvalue weighted by molar-refractivity contribution is 7.09. The number of ether oxygens (including phenoxy) is 2. The lowest BCUT2D eigenvalue weighted by atomic mass is 9.99. The minimum atomic E-state index is -0.976. The van der Waals surface area contributed by atoms with E-state index in [4.69, 9.17) is 13.9 Å². The number of amides is 2. The first kappa shape index (κ1) is 35.9. The standard InChI is InChI=1S/C37H39N5O7S/c1-23-22-50-33(39-23)20-42(2)36(45)28-16-26(15-27(17-28)35-41-31(21-49-35)37(46)48-4)34(44)40-30(14-24-9-6-5-7-10-24)32(43)19-38-18-25-11-8-12-29(13-25)47-3/h5-13,15-17,21-22,30,32,38,43H,14,18-20H2,1-4H3,(H,40,44)/t30-,32-/m0/s1. The molecular formula is C37H39N5O7S. The number of methoxy groups -OCH3 is 2. The minimum absolute atomic E-state index is 0.0231. The Balaban J connectivity index is 1.41. The SMILES string of the molecule is COC(=O)c1coc(-c2cc(C(=O)N[C@@H](Cc3ccccc3)[C@@H](O)CNCc3cccc(OC)c3)cc(C(=O)N(C)Cc3nc(C)cs3)c2)n1. The van der Waals surface area contributed by atoms with Crippen molar-refractivity contribution in [1.82, 2.24) is 25.5 Å². The summed E-state index contributed by atoms with van der Waals surface area (Å²) in [6, 6.07) is 21.0. The predicted octanol–water partition coefficient (Wildman–Crippen LogP) is 4.67. The number of hydrogen-bond acceptors (Lipinski definition) is 11. The highest BCUT2D eigenvalue weighted by Gasteiger charge is 2.25. The molecule has 0 radical (unpaired) electrons. The molecule has 0 saturated heterocycles. The van der Waals surface area contributed by atoms with Crippen LogP contribution in [0, 0.1) is 6.92 Å². The van der Waals surface area contributed by atoms with Crippen LogP contribution in [0.3, 0.4) is 0 Å². The maximum absolute atomic E-state index is 14.0. The van der Waals surface area contributed by atoms with Crippen LogP contribution < -0.4 is 15.4 Å². The second-order valence-corrected chi connectivity index (χ2v) is 12.6. The minimum Gasteiger partial charge on any atom is -0.497 e. The highest BCUT2D eigenvalue weighted by atomic mass is 32.1. The lowest BCUT2D eigenvalue weighted by Crippen LogP contribution is -2.48. The van der Waals surface area contributed by atoms with Crippen molar-refractivity contribution in [3.05, 3.63) is 123 Å². The number of hydrogen-bond donors (Lipinski definition) is 3. The molecule has 2 atom stereocenters. The van der Waals surface area contributed by atoms with Crippen LogP contribution in [0.15, 0.2) is 88.9 Å². The molecule has 3 aromatic carbocycles. The Bertz CT molecular complexity index is 1930. The number of rotatable bonds is 15. The third-order valence-electron chi connectivity index (χ3n) is 7.87. The molecule has 13 heteroatoms. The largest absolute Gasteiger partial charge is 0.497 e. The second-order valence-electron chi connectivity index (χ2n) is 11.7. The van der Waals surface area contributed by atoms with E-state index in [9.17, 15) is 19.5 Å². The third kappa shape index (κ3) is 9.41. The van der Waals surface area contributed by atoms with E-state index in [0.717, 1.165) is 33.8 Å². The van der Waals surface area contributed by atoms with Crippen molar-refractivity contribution in [3.8, 4) is 17.2 Å². The number of aryl methyl sites for hydroxylation is 1. The fourth-order valence-corrected chi connectivity index (χ4v) is 6.10. The van der Waals surface area contributed by atoms with E-state index in [1.54, 1.807) is 20.2 Å². The lowest BCUT2D eigenvalue weighted by Gasteiger charge is -2.25. The number of carbonyl (C=O) groups excluding carboxylic acids is 3. The monoisotopic (exact) mass is 697 g/mol. The maximum Gasteiger partial charge on any atom is 0.360 e. The van der Waals surface area contributed by atoms with Gasteiger partial charge in [0.2, 0.25) is 5.89 Å². The van der Waals surface area contributed by atoms with Gasteiger partial charge in [0.25, 0.3) is 11.8 Å². The molecule has 0 fully saturated rings. The first-order chi connectivity index (χ1) is 24.1. The highest BCUT2D eigenvalue weighted by Crippen LogP contribution is 2.25. The molecule has 5 rings (SSSR count). The van der Waals surface area contributed by atoms with Crippen molar-refractivity contribution in [2.45, 2.75) is 38.6 Å². The van der Waals surface area contributed by atoms with Crippen molar-refractivity contribution >= 4 is 29.1 Å². The number of aromatic nitrogens is 2. The van der Waals surface area contributed by atoms with Gasteiger partial charge in [-0.3, -0.25) is 9.59 Å². The van der Waals surface area contributed by atoms with Gasteiger partial charge in [0.05, 0.1) is 32.9 Å². The normalized spacial score (nSPS) is 12.2. The molecule has 260 valence electrons. The third-order valence-corrected chi connectivity index (χ3v) is 8.82. The van der Waals surface area contributed by atoms with E-state index in [1.807, 2.05) is 66.9 Å².